The number of hydrogen-bond donors (Lipinski definition) is 1. The lowest BCUT2D eigenvalue weighted by Crippen LogP contribution is -2.34. The van der Waals surface area contributed by atoms with Gasteiger partial charge in [-0.25, -0.2) is 9.97 Å². The normalized spacial score (nSPS) is 13.1. The maximum atomic E-state index is 12.1. The van der Waals surface area contributed by atoms with Gasteiger partial charge in [0, 0.05) is 31.6 Å². The van der Waals surface area contributed by atoms with Crippen LogP contribution in [0.15, 0.2) is 28.8 Å². The molecule has 3 rings (SSSR count). The summed E-state index contributed by atoms with van der Waals surface area (Å²) in [6.45, 7) is 1.74. The molecule has 0 aliphatic carbocycles. The Labute approximate surface area is 124 Å². The zero-order valence-corrected chi connectivity index (χ0v) is 12.0. The van der Waals surface area contributed by atoms with Gasteiger partial charge in [-0.3, -0.25) is 18.8 Å². The van der Waals surface area contributed by atoms with Gasteiger partial charge >= 0.3 is 0 Å². The summed E-state index contributed by atoms with van der Waals surface area (Å²) < 4.78 is 3.24. The molecule has 0 unspecified atom stereocenters. The van der Waals surface area contributed by atoms with Crippen LogP contribution in [0.1, 0.15) is 16.8 Å². The van der Waals surface area contributed by atoms with Gasteiger partial charge in [0.1, 0.15) is 18.2 Å². The Morgan fingerprint density at radius 1 is 1.48 bits per heavy atom. The van der Waals surface area contributed by atoms with Crippen LogP contribution in [0.3, 0.4) is 0 Å². The Balaban J connectivity index is 1.57. The monoisotopic (exact) mass is 306 g/mol. The van der Waals surface area contributed by atoms with Crippen molar-refractivity contribution in [1.29, 1.82) is 0 Å². The molecule has 0 bridgehead atoms. The quantitative estimate of drug-likeness (QED) is 0.605. The lowest BCUT2D eigenvalue weighted by molar-refractivity contribution is 0.0949. The van der Waals surface area contributed by atoms with E-state index >= 15 is 0 Å². The second kappa shape index (κ2) is 6.08. The van der Waals surface area contributed by atoms with Crippen molar-refractivity contribution in [3.63, 3.8) is 0 Å². The molecule has 2 aromatic rings. The van der Waals surface area contributed by atoms with Crippen LogP contribution in [0.25, 0.3) is 0 Å². The third-order valence-electron chi connectivity index (χ3n) is 3.12. The number of rotatable bonds is 5. The van der Waals surface area contributed by atoms with Gasteiger partial charge in [0.25, 0.3) is 11.5 Å². The number of nitrogens with one attached hydrogen (secondary N) is 1. The zero-order chi connectivity index (χ0) is 14.7. The van der Waals surface area contributed by atoms with Crippen molar-refractivity contribution in [2.24, 2.45) is 0 Å². The third kappa shape index (κ3) is 2.97. The van der Waals surface area contributed by atoms with Gasteiger partial charge in [0.15, 0.2) is 5.16 Å². The van der Waals surface area contributed by atoms with E-state index in [1.807, 2.05) is 0 Å². The first-order chi connectivity index (χ1) is 10.3. The fourth-order valence-electron chi connectivity index (χ4n) is 2.06. The van der Waals surface area contributed by atoms with E-state index in [2.05, 4.69) is 20.4 Å². The molecule has 0 atom stereocenters. The van der Waals surface area contributed by atoms with Gasteiger partial charge < -0.3 is 5.32 Å². The molecule has 1 aliphatic rings. The molecule has 8 nitrogen and oxygen atoms in total. The van der Waals surface area contributed by atoms with Gasteiger partial charge in [-0.1, -0.05) is 11.8 Å². The van der Waals surface area contributed by atoms with E-state index in [0.29, 0.717) is 31.2 Å². The molecule has 0 fully saturated rings. The van der Waals surface area contributed by atoms with Crippen molar-refractivity contribution < 1.29 is 4.79 Å². The number of fused-ring (bicyclic) bond motifs is 1. The van der Waals surface area contributed by atoms with E-state index in [9.17, 15) is 9.59 Å². The largest absolute Gasteiger partial charge is 0.352 e. The Morgan fingerprint density at radius 3 is 3.19 bits per heavy atom. The summed E-state index contributed by atoms with van der Waals surface area (Å²) in [5, 5.41) is 7.39. The molecule has 110 valence electrons. The van der Waals surface area contributed by atoms with Crippen LogP contribution in [0.4, 0.5) is 0 Å². The van der Waals surface area contributed by atoms with E-state index in [-0.39, 0.29) is 17.0 Å². The Hall–Kier alpha value is -2.16. The van der Waals surface area contributed by atoms with E-state index in [4.69, 9.17) is 0 Å². The molecule has 0 aromatic carbocycles. The Kier molecular flexibility index (Phi) is 4.00. The highest BCUT2D eigenvalue weighted by Gasteiger charge is 2.19. The molecule has 0 saturated carbocycles. The summed E-state index contributed by atoms with van der Waals surface area (Å²) in [5.74, 6) is 0.448. The first-order valence-electron chi connectivity index (χ1n) is 6.59. The number of thioether (sulfide) groups is 1. The predicted molar refractivity (Wildman–Crippen MR) is 76.2 cm³/mol. The number of aryl methyl sites for hydroxylation is 1. The molecule has 0 saturated heterocycles. The first-order valence-corrected chi connectivity index (χ1v) is 7.57. The summed E-state index contributed by atoms with van der Waals surface area (Å²) in [4.78, 5) is 32.2. The van der Waals surface area contributed by atoms with Crippen LogP contribution in [0.2, 0.25) is 0 Å². The van der Waals surface area contributed by atoms with E-state index in [0.717, 1.165) is 5.75 Å². The maximum absolute atomic E-state index is 12.1. The fraction of sp³-hybridized carbons (Fsp3) is 0.417. The number of amides is 1. The van der Waals surface area contributed by atoms with Crippen molar-refractivity contribution in [3.05, 3.63) is 34.8 Å². The number of nitrogens with zero attached hydrogens (tertiary/aromatic N) is 5. The zero-order valence-electron chi connectivity index (χ0n) is 11.2. The third-order valence-corrected chi connectivity index (χ3v) is 4.09. The highest BCUT2D eigenvalue weighted by atomic mass is 32.2. The molecule has 1 N–H and O–H groups in total. The molecule has 21 heavy (non-hydrogen) atoms. The molecule has 3 heterocycles. The minimum absolute atomic E-state index is 0.0991. The highest BCUT2D eigenvalue weighted by molar-refractivity contribution is 7.99. The van der Waals surface area contributed by atoms with Crippen LogP contribution in [-0.2, 0) is 13.1 Å². The summed E-state index contributed by atoms with van der Waals surface area (Å²) in [5.41, 5.74) is -0.166. The summed E-state index contributed by atoms with van der Waals surface area (Å²) in [6, 6.07) is 0. The van der Waals surface area contributed by atoms with Crippen LogP contribution in [0, 0.1) is 0 Å². The molecule has 2 aromatic heterocycles. The van der Waals surface area contributed by atoms with Gasteiger partial charge in [-0.05, 0) is 6.42 Å². The van der Waals surface area contributed by atoms with Crippen molar-refractivity contribution in [2.75, 3.05) is 12.3 Å². The molecule has 1 aliphatic heterocycles. The Morgan fingerprint density at radius 2 is 2.38 bits per heavy atom. The number of aromatic nitrogens is 5. The SMILES string of the molecule is O=C(NCCCn1cncn1)c1cnc2n(c1=O)CCS2. The van der Waals surface area contributed by atoms with Crippen molar-refractivity contribution >= 4 is 17.7 Å². The van der Waals surface area contributed by atoms with E-state index < -0.39 is 0 Å². The minimum Gasteiger partial charge on any atom is -0.352 e. The van der Waals surface area contributed by atoms with E-state index in [1.54, 1.807) is 15.6 Å². The lowest BCUT2D eigenvalue weighted by atomic mass is 10.3. The highest BCUT2D eigenvalue weighted by Crippen LogP contribution is 2.20. The molecule has 0 radical (unpaired) electrons. The maximum Gasteiger partial charge on any atom is 0.267 e. The lowest BCUT2D eigenvalue weighted by Gasteiger charge is -2.06. The van der Waals surface area contributed by atoms with Crippen LogP contribution in [-0.4, -0.2) is 42.5 Å². The molecule has 0 spiro atoms. The predicted octanol–water partition coefficient (Wildman–Crippen LogP) is -0.239. The summed E-state index contributed by atoms with van der Waals surface area (Å²) >= 11 is 1.53. The molecule has 9 heteroatoms. The first kappa shape index (κ1) is 13.8. The topological polar surface area (TPSA) is 94.7 Å². The smallest absolute Gasteiger partial charge is 0.267 e. The average molecular weight is 306 g/mol. The average Bonchev–Trinajstić information content (AvgIpc) is 3.15. The van der Waals surface area contributed by atoms with Gasteiger partial charge in [-0.15, -0.1) is 0 Å². The van der Waals surface area contributed by atoms with E-state index in [1.165, 1.54) is 24.3 Å². The second-order valence-corrected chi connectivity index (χ2v) is 5.59. The number of hydrogen-bond acceptors (Lipinski definition) is 6. The van der Waals surface area contributed by atoms with Gasteiger partial charge in [0.2, 0.25) is 0 Å². The van der Waals surface area contributed by atoms with Crippen molar-refractivity contribution in [3.8, 4) is 0 Å². The fourth-order valence-corrected chi connectivity index (χ4v) is 2.97. The van der Waals surface area contributed by atoms with Crippen LogP contribution >= 0.6 is 11.8 Å². The summed E-state index contributed by atoms with van der Waals surface area (Å²) in [7, 11) is 0. The summed E-state index contributed by atoms with van der Waals surface area (Å²) in [6.07, 6.45) is 5.16. The molecular formula is C12H14N6O2S. The number of carbonyl (C=O) groups is 1. The van der Waals surface area contributed by atoms with Gasteiger partial charge in [-0.2, -0.15) is 5.10 Å². The molecule has 1 amide bonds. The van der Waals surface area contributed by atoms with Crippen LogP contribution in [0.5, 0.6) is 0 Å². The number of carbonyl (C=O) groups excluding carboxylic acids is 1. The van der Waals surface area contributed by atoms with Crippen LogP contribution < -0.4 is 10.9 Å². The van der Waals surface area contributed by atoms with Gasteiger partial charge in [0.05, 0.1) is 0 Å². The van der Waals surface area contributed by atoms with Crippen molar-refractivity contribution in [2.45, 2.75) is 24.7 Å². The Bertz CT molecular complexity index is 696. The second-order valence-electron chi connectivity index (χ2n) is 4.53. The minimum atomic E-state index is -0.377. The standard InChI is InChI=1S/C12H14N6O2S/c19-10(14-2-1-3-17-8-13-7-16-17)9-6-15-12-18(11(9)20)4-5-21-12/h6-8H,1-5H2,(H,14,19). The molecular weight excluding hydrogens is 292 g/mol. The van der Waals surface area contributed by atoms with Crippen molar-refractivity contribution in [1.82, 2.24) is 29.6 Å².